The minimum Gasteiger partial charge on any atom is -0.379 e. The van der Waals surface area contributed by atoms with Gasteiger partial charge in [0.2, 0.25) is 0 Å². The number of hydrogen-bond acceptors (Lipinski definition) is 4. The van der Waals surface area contributed by atoms with Crippen LogP contribution in [0.2, 0.25) is 0 Å². The summed E-state index contributed by atoms with van der Waals surface area (Å²) in [5.74, 6) is 0.157. The summed E-state index contributed by atoms with van der Waals surface area (Å²) in [7, 11) is 1.69. The van der Waals surface area contributed by atoms with Crippen molar-refractivity contribution < 1.29 is 9.13 Å². The molecule has 1 heterocycles. The summed E-state index contributed by atoms with van der Waals surface area (Å²) < 4.78 is 18.8. The van der Waals surface area contributed by atoms with E-state index in [1.165, 1.54) is 12.1 Å². The third-order valence-electron chi connectivity index (χ3n) is 3.44. The highest BCUT2D eigenvalue weighted by Gasteiger charge is 2.32. The molecule has 2 rings (SSSR count). The zero-order valence-corrected chi connectivity index (χ0v) is 11.6. The van der Waals surface area contributed by atoms with Crippen LogP contribution in [0.4, 0.5) is 10.1 Å². The zero-order valence-electron chi connectivity index (χ0n) is 11.6. The molecular formula is C14H20FN3O. The van der Waals surface area contributed by atoms with Gasteiger partial charge in [-0.2, -0.15) is 0 Å². The molecule has 1 aliphatic rings. The number of nitrogens with two attached hydrogens (primary N) is 1. The molecule has 0 fully saturated rings. The van der Waals surface area contributed by atoms with Gasteiger partial charge in [-0.25, -0.2) is 4.39 Å². The van der Waals surface area contributed by atoms with E-state index in [1.807, 2.05) is 24.8 Å². The van der Waals surface area contributed by atoms with Crippen LogP contribution in [0.3, 0.4) is 0 Å². The average Bonchev–Trinajstić information content (AvgIpc) is 2.70. The SMILES string of the molecule is COC(C)(C)CC1CN=C(N)N1c1cccc(F)c1. The third kappa shape index (κ3) is 3.04. The average molecular weight is 265 g/mol. The lowest BCUT2D eigenvalue weighted by Crippen LogP contribution is -2.44. The summed E-state index contributed by atoms with van der Waals surface area (Å²) in [6.07, 6.45) is 0.768. The summed E-state index contributed by atoms with van der Waals surface area (Å²) >= 11 is 0. The summed E-state index contributed by atoms with van der Waals surface area (Å²) in [6, 6.07) is 6.50. The van der Waals surface area contributed by atoms with Crippen LogP contribution in [0.5, 0.6) is 0 Å². The highest BCUT2D eigenvalue weighted by molar-refractivity contribution is 5.97. The second-order valence-corrected chi connectivity index (χ2v) is 5.37. The molecule has 2 N–H and O–H groups in total. The Balaban J connectivity index is 2.23. The third-order valence-corrected chi connectivity index (χ3v) is 3.44. The molecule has 19 heavy (non-hydrogen) atoms. The molecule has 0 aromatic heterocycles. The van der Waals surface area contributed by atoms with Crippen molar-refractivity contribution in [1.29, 1.82) is 0 Å². The smallest absolute Gasteiger partial charge is 0.196 e. The first-order valence-electron chi connectivity index (χ1n) is 6.33. The van der Waals surface area contributed by atoms with Gasteiger partial charge in [0.1, 0.15) is 5.82 Å². The number of rotatable bonds is 4. The van der Waals surface area contributed by atoms with Gasteiger partial charge in [-0.3, -0.25) is 4.99 Å². The number of anilines is 1. The molecular weight excluding hydrogens is 245 g/mol. The van der Waals surface area contributed by atoms with Gasteiger partial charge in [-0.05, 0) is 38.5 Å². The van der Waals surface area contributed by atoms with Crippen molar-refractivity contribution in [3.8, 4) is 0 Å². The van der Waals surface area contributed by atoms with E-state index >= 15 is 0 Å². The maximum Gasteiger partial charge on any atom is 0.196 e. The van der Waals surface area contributed by atoms with E-state index in [-0.39, 0.29) is 17.5 Å². The van der Waals surface area contributed by atoms with Crippen molar-refractivity contribution in [3.63, 3.8) is 0 Å². The summed E-state index contributed by atoms with van der Waals surface area (Å²) in [5, 5.41) is 0. The second kappa shape index (κ2) is 5.17. The van der Waals surface area contributed by atoms with Crippen LogP contribution in [0, 0.1) is 5.82 Å². The molecule has 104 valence electrons. The molecule has 1 aliphatic heterocycles. The Bertz CT molecular complexity index is 487. The molecule has 0 amide bonds. The van der Waals surface area contributed by atoms with Crippen LogP contribution in [-0.4, -0.2) is 31.3 Å². The molecule has 0 spiro atoms. The predicted molar refractivity (Wildman–Crippen MR) is 74.9 cm³/mol. The first-order chi connectivity index (χ1) is 8.93. The van der Waals surface area contributed by atoms with Gasteiger partial charge >= 0.3 is 0 Å². The number of aliphatic imine (C=N–C) groups is 1. The van der Waals surface area contributed by atoms with Crippen molar-refractivity contribution in [2.24, 2.45) is 10.7 Å². The highest BCUT2D eigenvalue weighted by Crippen LogP contribution is 2.27. The van der Waals surface area contributed by atoms with Crippen molar-refractivity contribution in [2.75, 3.05) is 18.6 Å². The molecule has 0 radical (unpaired) electrons. The molecule has 0 saturated heterocycles. The number of benzene rings is 1. The van der Waals surface area contributed by atoms with Gasteiger partial charge in [0, 0.05) is 12.8 Å². The number of ether oxygens (including phenoxy) is 1. The van der Waals surface area contributed by atoms with Crippen LogP contribution in [-0.2, 0) is 4.74 Å². The Morgan fingerprint density at radius 2 is 2.26 bits per heavy atom. The van der Waals surface area contributed by atoms with Crippen LogP contribution >= 0.6 is 0 Å². The quantitative estimate of drug-likeness (QED) is 0.907. The van der Waals surface area contributed by atoms with Crippen molar-refractivity contribution in [2.45, 2.75) is 31.9 Å². The lowest BCUT2D eigenvalue weighted by Gasteiger charge is -2.32. The van der Waals surface area contributed by atoms with Gasteiger partial charge in [-0.1, -0.05) is 6.07 Å². The molecule has 5 heteroatoms. The van der Waals surface area contributed by atoms with Crippen LogP contribution in [0.1, 0.15) is 20.3 Å². The van der Waals surface area contributed by atoms with Gasteiger partial charge in [0.05, 0.1) is 18.2 Å². The number of methoxy groups -OCH3 is 1. The Hall–Kier alpha value is -1.62. The molecule has 1 aromatic carbocycles. The Labute approximate surface area is 113 Å². The van der Waals surface area contributed by atoms with E-state index in [2.05, 4.69) is 4.99 Å². The molecule has 4 nitrogen and oxygen atoms in total. The van der Waals surface area contributed by atoms with E-state index in [1.54, 1.807) is 13.2 Å². The summed E-state index contributed by atoms with van der Waals surface area (Å²) in [5.41, 5.74) is 6.39. The normalized spacial score (nSPS) is 19.7. The van der Waals surface area contributed by atoms with E-state index in [0.717, 1.165) is 12.1 Å². The van der Waals surface area contributed by atoms with Gasteiger partial charge in [0.15, 0.2) is 5.96 Å². The molecule has 1 atom stereocenters. The lowest BCUT2D eigenvalue weighted by molar-refractivity contribution is 0.0114. The molecule has 1 unspecified atom stereocenters. The maximum atomic E-state index is 13.3. The number of nitrogens with zero attached hydrogens (tertiary/aromatic N) is 2. The standard InChI is InChI=1S/C14H20FN3O/c1-14(2,19-3)8-12-9-17-13(16)18(12)11-6-4-5-10(15)7-11/h4-7,12H,8-9H2,1-3H3,(H2,16,17). The van der Waals surface area contributed by atoms with Crippen LogP contribution < -0.4 is 10.6 Å². The first kappa shape index (κ1) is 13.8. The van der Waals surface area contributed by atoms with Crippen LogP contribution in [0.15, 0.2) is 29.3 Å². The zero-order chi connectivity index (χ0) is 14.0. The minimum absolute atomic E-state index is 0.0942. The molecule has 0 aliphatic carbocycles. The maximum absolute atomic E-state index is 13.3. The van der Waals surface area contributed by atoms with E-state index < -0.39 is 0 Å². The molecule has 0 saturated carbocycles. The fraction of sp³-hybridized carbons (Fsp3) is 0.500. The fourth-order valence-corrected chi connectivity index (χ4v) is 2.32. The monoisotopic (exact) mass is 265 g/mol. The lowest BCUT2D eigenvalue weighted by atomic mass is 9.98. The molecule has 1 aromatic rings. The summed E-state index contributed by atoms with van der Waals surface area (Å²) in [6.45, 7) is 4.64. The van der Waals surface area contributed by atoms with Crippen LogP contribution in [0.25, 0.3) is 0 Å². The van der Waals surface area contributed by atoms with E-state index in [0.29, 0.717) is 12.5 Å². The first-order valence-corrected chi connectivity index (χ1v) is 6.33. The molecule has 0 bridgehead atoms. The summed E-state index contributed by atoms with van der Waals surface area (Å²) in [4.78, 5) is 6.14. The highest BCUT2D eigenvalue weighted by atomic mass is 19.1. The minimum atomic E-state index is -0.276. The van der Waals surface area contributed by atoms with Gasteiger partial charge in [0.25, 0.3) is 0 Å². The second-order valence-electron chi connectivity index (χ2n) is 5.37. The van der Waals surface area contributed by atoms with Gasteiger partial charge < -0.3 is 15.4 Å². The topological polar surface area (TPSA) is 50.9 Å². The number of guanidine groups is 1. The van der Waals surface area contributed by atoms with E-state index in [4.69, 9.17) is 10.5 Å². The van der Waals surface area contributed by atoms with E-state index in [9.17, 15) is 4.39 Å². The number of hydrogen-bond donors (Lipinski definition) is 1. The fourth-order valence-electron chi connectivity index (χ4n) is 2.32. The Morgan fingerprint density at radius 1 is 1.53 bits per heavy atom. The number of halogens is 1. The largest absolute Gasteiger partial charge is 0.379 e. The predicted octanol–water partition coefficient (Wildman–Crippen LogP) is 2.14. The van der Waals surface area contributed by atoms with Crippen molar-refractivity contribution in [3.05, 3.63) is 30.1 Å². The Morgan fingerprint density at radius 3 is 2.89 bits per heavy atom. The van der Waals surface area contributed by atoms with Crippen molar-refractivity contribution >= 4 is 11.6 Å². The van der Waals surface area contributed by atoms with Crippen molar-refractivity contribution in [1.82, 2.24) is 0 Å². The Kier molecular flexibility index (Phi) is 3.75. The van der Waals surface area contributed by atoms with Gasteiger partial charge in [-0.15, -0.1) is 0 Å².